The third kappa shape index (κ3) is 1.17. The zero-order valence-electron chi connectivity index (χ0n) is 8.05. The van der Waals surface area contributed by atoms with Crippen molar-refractivity contribution >= 4 is 0 Å². The minimum Gasteiger partial charge on any atom is -0.508 e. The zero-order chi connectivity index (χ0) is 9.64. The van der Waals surface area contributed by atoms with E-state index in [1.165, 1.54) is 0 Å². The Hall–Kier alpha value is -1.18. The van der Waals surface area contributed by atoms with E-state index in [1.54, 1.807) is 6.08 Å². The molecule has 1 heterocycles. The molecular weight excluding hydrogens is 164 g/mol. The summed E-state index contributed by atoms with van der Waals surface area (Å²) >= 11 is 0. The molecule has 2 heteroatoms. The topological polar surface area (TPSA) is 29.5 Å². The lowest BCUT2D eigenvalue weighted by molar-refractivity contribution is 0.181. The lowest BCUT2D eigenvalue weighted by Gasteiger charge is -2.20. The normalized spacial score (nSPS) is 25.4. The first-order chi connectivity index (χ1) is 6.00. The van der Waals surface area contributed by atoms with Crippen molar-refractivity contribution in [3.05, 3.63) is 35.3 Å². The Morgan fingerprint density at radius 1 is 1.54 bits per heavy atom. The smallest absolute Gasteiger partial charge is 0.123 e. The molecule has 0 amide bonds. The summed E-state index contributed by atoms with van der Waals surface area (Å²) < 4.78 is 5.53. The predicted molar refractivity (Wildman–Crippen MR) is 51.2 cm³/mol. The highest BCUT2D eigenvalue weighted by molar-refractivity contribution is 5.45. The lowest BCUT2D eigenvalue weighted by Crippen LogP contribution is -2.17. The van der Waals surface area contributed by atoms with E-state index in [-0.39, 0.29) is 5.41 Å². The summed E-state index contributed by atoms with van der Waals surface area (Å²) in [7, 11) is 0. The molecule has 0 saturated carbocycles. The number of hydrogen-bond acceptors (Lipinski definition) is 2. The first kappa shape index (κ1) is 8.42. The van der Waals surface area contributed by atoms with Crippen LogP contribution >= 0.6 is 0 Å². The van der Waals surface area contributed by atoms with E-state index in [0.717, 1.165) is 23.3 Å². The molecule has 2 aliphatic rings. The van der Waals surface area contributed by atoms with Crippen molar-refractivity contribution in [2.75, 3.05) is 6.61 Å². The molecule has 1 aliphatic carbocycles. The van der Waals surface area contributed by atoms with Crippen LogP contribution < -0.4 is 0 Å². The van der Waals surface area contributed by atoms with Gasteiger partial charge < -0.3 is 9.84 Å². The van der Waals surface area contributed by atoms with Crippen LogP contribution in [0.1, 0.15) is 20.3 Å². The van der Waals surface area contributed by atoms with Gasteiger partial charge in [-0.25, -0.2) is 0 Å². The van der Waals surface area contributed by atoms with Crippen LogP contribution in [0, 0.1) is 5.41 Å². The van der Waals surface area contributed by atoms with Gasteiger partial charge in [0, 0.05) is 17.4 Å². The number of ether oxygens (including phenoxy) is 1. The average Bonchev–Trinajstić information content (AvgIpc) is 2.26. The molecule has 0 aromatic rings. The SMILES string of the molecule is C=C1C=C(O)C2=C(C1)OCC2(C)C. The van der Waals surface area contributed by atoms with Gasteiger partial charge in [-0.2, -0.15) is 0 Å². The van der Waals surface area contributed by atoms with Crippen LogP contribution in [0.15, 0.2) is 35.3 Å². The third-order valence-electron chi connectivity index (χ3n) is 2.55. The summed E-state index contributed by atoms with van der Waals surface area (Å²) in [5.41, 5.74) is 1.81. The van der Waals surface area contributed by atoms with E-state index in [0.29, 0.717) is 12.4 Å². The maximum atomic E-state index is 9.75. The van der Waals surface area contributed by atoms with Crippen LogP contribution in [0.5, 0.6) is 0 Å². The molecule has 1 N–H and O–H groups in total. The largest absolute Gasteiger partial charge is 0.508 e. The molecule has 1 aliphatic heterocycles. The quantitative estimate of drug-likeness (QED) is 0.618. The molecular formula is C11H14O2. The minimum atomic E-state index is -0.0589. The zero-order valence-corrected chi connectivity index (χ0v) is 8.05. The molecule has 0 aromatic carbocycles. The molecule has 0 saturated heterocycles. The fourth-order valence-electron chi connectivity index (χ4n) is 1.94. The Labute approximate surface area is 78.2 Å². The molecule has 13 heavy (non-hydrogen) atoms. The molecule has 0 aromatic heterocycles. The highest BCUT2D eigenvalue weighted by atomic mass is 16.5. The summed E-state index contributed by atoms with van der Waals surface area (Å²) in [5, 5.41) is 9.75. The second-order valence-electron chi connectivity index (χ2n) is 4.34. The second kappa shape index (κ2) is 2.41. The monoisotopic (exact) mass is 178 g/mol. The van der Waals surface area contributed by atoms with Crippen molar-refractivity contribution in [2.24, 2.45) is 5.41 Å². The molecule has 0 atom stereocenters. The average molecular weight is 178 g/mol. The van der Waals surface area contributed by atoms with Crippen LogP contribution in [-0.2, 0) is 4.74 Å². The molecule has 70 valence electrons. The Balaban J connectivity index is 2.47. The van der Waals surface area contributed by atoms with E-state index in [9.17, 15) is 5.11 Å². The fourth-order valence-corrected chi connectivity index (χ4v) is 1.94. The number of aliphatic hydroxyl groups is 1. The lowest BCUT2D eigenvalue weighted by atomic mass is 9.82. The van der Waals surface area contributed by atoms with E-state index >= 15 is 0 Å². The van der Waals surface area contributed by atoms with Gasteiger partial charge in [0.05, 0.1) is 6.61 Å². The standard InChI is InChI=1S/C11H14O2/c1-7-4-8(12)10-9(5-7)13-6-11(10,2)3/h4,12H,1,5-6H2,2-3H3. The Morgan fingerprint density at radius 2 is 2.23 bits per heavy atom. The predicted octanol–water partition coefficient (Wildman–Crippen LogP) is 2.70. The van der Waals surface area contributed by atoms with E-state index in [1.807, 2.05) is 0 Å². The van der Waals surface area contributed by atoms with Gasteiger partial charge in [0.25, 0.3) is 0 Å². The summed E-state index contributed by atoms with van der Waals surface area (Å²) in [6.45, 7) is 8.63. The van der Waals surface area contributed by atoms with E-state index < -0.39 is 0 Å². The molecule has 0 bridgehead atoms. The van der Waals surface area contributed by atoms with E-state index in [2.05, 4.69) is 20.4 Å². The van der Waals surface area contributed by atoms with Gasteiger partial charge in [0.1, 0.15) is 11.5 Å². The van der Waals surface area contributed by atoms with Gasteiger partial charge >= 0.3 is 0 Å². The second-order valence-corrected chi connectivity index (χ2v) is 4.34. The van der Waals surface area contributed by atoms with Crippen molar-refractivity contribution in [1.82, 2.24) is 0 Å². The van der Waals surface area contributed by atoms with Crippen LogP contribution in [-0.4, -0.2) is 11.7 Å². The maximum absolute atomic E-state index is 9.75. The Kier molecular flexibility index (Phi) is 1.56. The molecule has 0 unspecified atom stereocenters. The molecule has 0 radical (unpaired) electrons. The van der Waals surface area contributed by atoms with Gasteiger partial charge in [-0.3, -0.25) is 0 Å². The first-order valence-electron chi connectivity index (χ1n) is 4.46. The molecule has 2 rings (SSSR count). The maximum Gasteiger partial charge on any atom is 0.123 e. The summed E-state index contributed by atoms with van der Waals surface area (Å²) in [5.74, 6) is 1.23. The van der Waals surface area contributed by atoms with Crippen LogP contribution in [0.2, 0.25) is 0 Å². The Bertz CT molecular complexity index is 332. The van der Waals surface area contributed by atoms with Crippen molar-refractivity contribution in [2.45, 2.75) is 20.3 Å². The van der Waals surface area contributed by atoms with Crippen LogP contribution in [0.3, 0.4) is 0 Å². The molecule has 0 spiro atoms. The van der Waals surface area contributed by atoms with Crippen LogP contribution in [0.4, 0.5) is 0 Å². The first-order valence-corrected chi connectivity index (χ1v) is 4.46. The number of aliphatic hydroxyl groups excluding tert-OH is 1. The highest BCUT2D eigenvalue weighted by Crippen LogP contribution is 2.44. The number of allylic oxidation sites excluding steroid dienone is 3. The van der Waals surface area contributed by atoms with Crippen molar-refractivity contribution in [3.63, 3.8) is 0 Å². The van der Waals surface area contributed by atoms with Crippen LogP contribution in [0.25, 0.3) is 0 Å². The van der Waals surface area contributed by atoms with Crippen molar-refractivity contribution < 1.29 is 9.84 Å². The summed E-state index contributed by atoms with van der Waals surface area (Å²) in [4.78, 5) is 0. The van der Waals surface area contributed by atoms with Gasteiger partial charge in [0.2, 0.25) is 0 Å². The van der Waals surface area contributed by atoms with Crippen molar-refractivity contribution in [3.8, 4) is 0 Å². The minimum absolute atomic E-state index is 0.0589. The Morgan fingerprint density at radius 3 is 2.92 bits per heavy atom. The van der Waals surface area contributed by atoms with Gasteiger partial charge in [-0.1, -0.05) is 20.4 Å². The van der Waals surface area contributed by atoms with Gasteiger partial charge in [0.15, 0.2) is 0 Å². The molecule has 0 fully saturated rings. The molecule has 2 nitrogen and oxygen atoms in total. The highest BCUT2D eigenvalue weighted by Gasteiger charge is 2.38. The fraction of sp³-hybridized carbons (Fsp3) is 0.455. The van der Waals surface area contributed by atoms with Crippen molar-refractivity contribution in [1.29, 1.82) is 0 Å². The number of hydrogen-bond donors (Lipinski definition) is 1. The van der Waals surface area contributed by atoms with Gasteiger partial charge in [-0.05, 0) is 11.6 Å². The summed E-state index contributed by atoms with van der Waals surface area (Å²) in [6.07, 6.45) is 2.47. The van der Waals surface area contributed by atoms with Gasteiger partial charge in [-0.15, -0.1) is 0 Å². The number of rotatable bonds is 0. The summed E-state index contributed by atoms with van der Waals surface area (Å²) in [6, 6.07) is 0. The third-order valence-corrected chi connectivity index (χ3v) is 2.55. The van der Waals surface area contributed by atoms with E-state index in [4.69, 9.17) is 4.74 Å².